The first-order valence-electron chi connectivity index (χ1n) is 11.1. The fourth-order valence-corrected chi connectivity index (χ4v) is 3.78. The smallest absolute Gasteiger partial charge is 0.335 e. The molecule has 0 saturated carbocycles. The zero-order valence-corrected chi connectivity index (χ0v) is 20.4. The molecule has 4 atom stereocenters. The van der Waals surface area contributed by atoms with Gasteiger partial charge in [-0.15, -0.1) is 0 Å². The predicted molar refractivity (Wildman–Crippen MR) is 128 cm³/mol. The fraction of sp³-hybridized carbons (Fsp3) is 0.500. The summed E-state index contributed by atoms with van der Waals surface area (Å²) in [6.07, 6.45) is 4.17. The average Bonchev–Trinajstić information content (AvgIpc) is 2.75. The van der Waals surface area contributed by atoms with E-state index in [0.717, 1.165) is 24.5 Å². The molecule has 1 rings (SSSR count). The average molecular weight is 477 g/mol. The lowest BCUT2D eigenvalue weighted by atomic mass is 9.72. The number of ketones is 2. The number of Topliss-reactive ketones (excluding diaryl/α,β-unsaturated/α-hetero) is 1. The normalized spacial score (nSPS) is 21.0. The zero-order valence-electron chi connectivity index (χ0n) is 20.4. The quantitative estimate of drug-likeness (QED) is 0.173. The van der Waals surface area contributed by atoms with E-state index >= 15 is 0 Å². The molecular weight excluding hydrogens is 440 g/mol. The van der Waals surface area contributed by atoms with Crippen LogP contribution in [0.5, 0.6) is 0 Å². The van der Waals surface area contributed by atoms with E-state index in [-0.39, 0.29) is 5.41 Å². The monoisotopic (exact) mass is 476 g/mol. The van der Waals surface area contributed by atoms with Gasteiger partial charge >= 0.3 is 5.97 Å². The molecule has 5 N–H and O–H groups in total. The van der Waals surface area contributed by atoms with Crippen LogP contribution in [0.3, 0.4) is 0 Å². The second kappa shape index (κ2) is 12.7. The highest BCUT2D eigenvalue weighted by Crippen LogP contribution is 2.40. The Bertz CT molecular complexity index is 932. The van der Waals surface area contributed by atoms with E-state index in [0.29, 0.717) is 5.57 Å². The van der Waals surface area contributed by atoms with Gasteiger partial charge in [-0.25, -0.2) is 4.79 Å². The topological polar surface area (TPSA) is 152 Å². The van der Waals surface area contributed by atoms with Crippen molar-refractivity contribution in [3.63, 3.8) is 0 Å². The Labute approximate surface area is 200 Å². The van der Waals surface area contributed by atoms with Crippen molar-refractivity contribution in [1.29, 1.82) is 0 Å². The van der Waals surface area contributed by atoms with Crippen molar-refractivity contribution in [2.45, 2.75) is 78.3 Å². The van der Waals surface area contributed by atoms with Crippen LogP contribution in [0.1, 0.15) is 53.9 Å². The van der Waals surface area contributed by atoms with Crippen LogP contribution in [0.15, 0.2) is 58.7 Å². The lowest BCUT2D eigenvalue weighted by molar-refractivity contribution is -0.166. The molecule has 0 aromatic carbocycles. The van der Waals surface area contributed by atoms with Crippen molar-refractivity contribution in [2.75, 3.05) is 0 Å². The predicted octanol–water partition coefficient (Wildman–Crippen LogP) is 2.18. The molecule has 188 valence electrons. The van der Waals surface area contributed by atoms with Gasteiger partial charge in [0.2, 0.25) is 11.6 Å². The van der Waals surface area contributed by atoms with Crippen molar-refractivity contribution in [2.24, 2.45) is 5.41 Å². The highest BCUT2D eigenvalue weighted by atomic mass is 16.4. The summed E-state index contributed by atoms with van der Waals surface area (Å²) in [6.45, 7) is 10.1. The van der Waals surface area contributed by atoms with Gasteiger partial charge in [-0.3, -0.25) is 9.59 Å². The highest BCUT2D eigenvalue weighted by Gasteiger charge is 2.38. The number of hydrogen-bond donors (Lipinski definition) is 5. The molecule has 0 saturated heterocycles. The van der Waals surface area contributed by atoms with Crippen molar-refractivity contribution in [1.82, 2.24) is 0 Å². The molecule has 34 heavy (non-hydrogen) atoms. The van der Waals surface area contributed by atoms with E-state index in [2.05, 4.69) is 26.8 Å². The van der Waals surface area contributed by atoms with Crippen molar-refractivity contribution >= 4 is 17.5 Å². The number of aliphatic carboxylic acids is 1. The minimum atomic E-state index is -2.43. The summed E-state index contributed by atoms with van der Waals surface area (Å²) in [5.74, 6) is -4.44. The van der Waals surface area contributed by atoms with Gasteiger partial charge in [0.25, 0.3) is 0 Å². The Morgan fingerprint density at radius 1 is 0.941 bits per heavy atom. The molecule has 0 aliphatic heterocycles. The summed E-state index contributed by atoms with van der Waals surface area (Å²) in [4.78, 5) is 34.7. The number of carbonyl (C=O) groups is 3. The first-order chi connectivity index (χ1) is 15.7. The molecule has 0 heterocycles. The first-order valence-corrected chi connectivity index (χ1v) is 11.1. The van der Waals surface area contributed by atoms with Crippen molar-refractivity contribution < 1.29 is 39.9 Å². The SMILES string of the molecule is CC(C=CC1=C(C)CCCC1(C)C)=CC=CC(C)=CC(=O)C(=O)[C@H](O)[C@@H](O)[C@H](O)[C@H](O)C(=O)O. The van der Waals surface area contributed by atoms with E-state index < -0.39 is 42.0 Å². The summed E-state index contributed by atoms with van der Waals surface area (Å²) in [6, 6.07) is 0. The molecule has 1 aliphatic carbocycles. The molecule has 0 radical (unpaired) electrons. The summed E-state index contributed by atoms with van der Waals surface area (Å²) < 4.78 is 0. The third kappa shape index (κ3) is 8.29. The van der Waals surface area contributed by atoms with Crippen molar-refractivity contribution in [3.8, 4) is 0 Å². The Morgan fingerprint density at radius 3 is 2.09 bits per heavy atom. The van der Waals surface area contributed by atoms with Crippen molar-refractivity contribution in [3.05, 3.63) is 58.7 Å². The summed E-state index contributed by atoms with van der Waals surface area (Å²) >= 11 is 0. The second-order valence-electron chi connectivity index (χ2n) is 9.36. The first kappa shape index (κ1) is 29.4. The maximum atomic E-state index is 12.1. The van der Waals surface area contributed by atoms with Gasteiger partial charge in [-0.1, -0.05) is 55.4 Å². The number of rotatable bonds is 11. The van der Waals surface area contributed by atoms with Crippen LogP contribution in [0, 0.1) is 5.41 Å². The molecule has 0 aromatic rings. The number of carbonyl (C=O) groups excluding carboxylic acids is 2. The van der Waals surface area contributed by atoms with E-state index in [4.69, 9.17) is 5.11 Å². The zero-order chi connectivity index (χ0) is 26.2. The molecule has 8 nitrogen and oxygen atoms in total. The Balaban J connectivity index is 2.80. The number of hydrogen-bond acceptors (Lipinski definition) is 7. The summed E-state index contributed by atoms with van der Waals surface area (Å²) in [7, 11) is 0. The van der Waals surface area contributed by atoms with Crippen LogP contribution in [0.25, 0.3) is 0 Å². The molecule has 0 unspecified atom stereocenters. The lowest BCUT2D eigenvalue weighted by Crippen LogP contribution is -2.51. The number of aliphatic hydroxyl groups is 4. The van der Waals surface area contributed by atoms with Gasteiger partial charge in [-0.2, -0.15) is 0 Å². The van der Waals surface area contributed by atoms with Gasteiger partial charge < -0.3 is 25.5 Å². The van der Waals surface area contributed by atoms with E-state index in [9.17, 15) is 34.8 Å². The maximum Gasteiger partial charge on any atom is 0.335 e. The Morgan fingerprint density at radius 2 is 1.53 bits per heavy atom. The van der Waals surface area contributed by atoms with E-state index in [1.807, 2.05) is 19.1 Å². The molecule has 1 aliphatic rings. The number of carboxylic acids is 1. The summed E-state index contributed by atoms with van der Waals surface area (Å²) in [5, 5.41) is 46.9. The van der Waals surface area contributed by atoms with Gasteiger partial charge in [0.05, 0.1) is 0 Å². The molecule has 0 fully saturated rings. The third-order valence-corrected chi connectivity index (χ3v) is 5.89. The molecular formula is C26H36O8. The number of aliphatic hydroxyl groups excluding tert-OH is 4. The third-order valence-electron chi connectivity index (χ3n) is 5.89. The van der Waals surface area contributed by atoms with Crippen LogP contribution in [0.2, 0.25) is 0 Å². The molecule has 0 spiro atoms. The van der Waals surface area contributed by atoms with E-state index in [1.54, 1.807) is 19.1 Å². The van der Waals surface area contributed by atoms with Crippen LogP contribution >= 0.6 is 0 Å². The second-order valence-corrected chi connectivity index (χ2v) is 9.36. The van der Waals surface area contributed by atoms with Gasteiger partial charge in [0, 0.05) is 0 Å². The Hall–Kier alpha value is -2.65. The van der Waals surface area contributed by atoms with Crippen LogP contribution in [-0.2, 0) is 14.4 Å². The standard InChI is InChI=1S/C26H36O8/c1-15(11-12-18-17(3)10-7-13-26(18,4)5)8-6-9-16(2)14-19(27)20(28)21(29)22(30)23(31)24(32)25(33)34/h6,8-9,11-12,14,21-24,29-32H,7,10,13H2,1-5H3,(H,33,34)/t21-,22+,23-,24-/m0/s1. The number of carboxylic acid groups (broad SMARTS) is 1. The summed E-state index contributed by atoms with van der Waals surface area (Å²) in [5.41, 5.74) is 4.26. The molecule has 0 bridgehead atoms. The van der Waals surface area contributed by atoms with Gasteiger partial charge in [0.15, 0.2) is 6.10 Å². The van der Waals surface area contributed by atoms with Gasteiger partial charge in [-0.05, 0) is 62.7 Å². The van der Waals surface area contributed by atoms with Crippen LogP contribution < -0.4 is 0 Å². The number of allylic oxidation sites excluding steroid dienone is 10. The lowest BCUT2D eigenvalue weighted by Gasteiger charge is -2.32. The maximum absolute atomic E-state index is 12.1. The molecule has 0 aromatic heterocycles. The highest BCUT2D eigenvalue weighted by molar-refractivity contribution is 6.43. The molecule has 8 heteroatoms. The minimum Gasteiger partial charge on any atom is -0.479 e. The minimum absolute atomic E-state index is 0.140. The fourth-order valence-electron chi connectivity index (χ4n) is 3.78. The Kier molecular flexibility index (Phi) is 11.0. The van der Waals surface area contributed by atoms with Gasteiger partial charge in [0.1, 0.15) is 18.3 Å². The van der Waals surface area contributed by atoms with Crippen LogP contribution in [-0.4, -0.2) is 67.5 Å². The largest absolute Gasteiger partial charge is 0.479 e. The van der Waals surface area contributed by atoms with Crippen LogP contribution in [0.4, 0.5) is 0 Å². The molecule has 0 amide bonds. The van der Waals surface area contributed by atoms with E-state index in [1.165, 1.54) is 17.6 Å².